The van der Waals surface area contributed by atoms with Crippen molar-refractivity contribution in [3.63, 3.8) is 0 Å². The van der Waals surface area contributed by atoms with Gasteiger partial charge in [-0.25, -0.2) is 0 Å². The van der Waals surface area contributed by atoms with Crippen LogP contribution >= 0.6 is 12.4 Å². The van der Waals surface area contributed by atoms with Crippen LogP contribution in [0.3, 0.4) is 0 Å². The third-order valence-electron chi connectivity index (χ3n) is 3.26. The second-order valence-electron chi connectivity index (χ2n) is 4.17. The van der Waals surface area contributed by atoms with Crippen molar-refractivity contribution in [1.29, 1.82) is 0 Å². The molecule has 1 fully saturated rings. The molecule has 4 nitrogen and oxygen atoms in total. The monoisotopic (exact) mass is 271 g/mol. The standard InChI is InChI=1S/C13H17NO3.ClH/c1-16-10-5-3-9(4-6-10)11-7-14-8-12(11)13(15)17-2;/h3-6,11-12,14H,7-8H2,1-2H3;1H/t11-,12+;/m1./s1. The molecule has 1 aromatic carbocycles. The Morgan fingerprint density at radius 1 is 1.22 bits per heavy atom. The topological polar surface area (TPSA) is 47.6 Å². The van der Waals surface area contributed by atoms with Gasteiger partial charge in [-0.05, 0) is 17.7 Å². The van der Waals surface area contributed by atoms with Crippen LogP contribution in [-0.4, -0.2) is 33.3 Å². The summed E-state index contributed by atoms with van der Waals surface area (Å²) >= 11 is 0. The maximum atomic E-state index is 11.6. The van der Waals surface area contributed by atoms with Gasteiger partial charge in [0.1, 0.15) is 5.75 Å². The van der Waals surface area contributed by atoms with Crippen LogP contribution in [0.4, 0.5) is 0 Å². The smallest absolute Gasteiger partial charge is 0.310 e. The van der Waals surface area contributed by atoms with E-state index < -0.39 is 0 Å². The second-order valence-corrected chi connectivity index (χ2v) is 4.17. The Hall–Kier alpha value is -1.26. The van der Waals surface area contributed by atoms with Crippen LogP contribution in [0.25, 0.3) is 0 Å². The Morgan fingerprint density at radius 2 is 1.89 bits per heavy atom. The number of benzene rings is 1. The fourth-order valence-electron chi connectivity index (χ4n) is 2.28. The highest BCUT2D eigenvalue weighted by Crippen LogP contribution is 2.29. The molecule has 0 spiro atoms. The van der Waals surface area contributed by atoms with Crippen molar-refractivity contribution in [3.05, 3.63) is 29.8 Å². The largest absolute Gasteiger partial charge is 0.497 e. The molecule has 1 aliphatic heterocycles. The number of esters is 1. The van der Waals surface area contributed by atoms with Crippen molar-refractivity contribution in [2.75, 3.05) is 27.3 Å². The van der Waals surface area contributed by atoms with Crippen molar-refractivity contribution in [1.82, 2.24) is 5.32 Å². The van der Waals surface area contributed by atoms with Gasteiger partial charge >= 0.3 is 5.97 Å². The lowest BCUT2D eigenvalue weighted by molar-refractivity contribution is -0.145. The Morgan fingerprint density at radius 3 is 2.44 bits per heavy atom. The average Bonchev–Trinajstić information content (AvgIpc) is 2.87. The molecule has 1 saturated heterocycles. The van der Waals surface area contributed by atoms with Crippen molar-refractivity contribution in [2.24, 2.45) is 5.92 Å². The normalized spacial score (nSPS) is 22.1. The van der Waals surface area contributed by atoms with E-state index in [1.165, 1.54) is 7.11 Å². The molecule has 0 unspecified atom stereocenters. The molecular formula is C13H18ClNO3. The summed E-state index contributed by atoms with van der Waals surface area (Å²) in [7, 11) is 3.08. The zero-order valence-corrected chi connectivity index (χ0v) is 11.3. The summed E-state index contributed by atoms with van der Waals surface area (Å²) in [6.45, 7) is 1.50. The van der Waals surface area contributed by atoms with Crippen LogP contribution in [0, 0.1) is 5.92 Å². The third kappa shape index (κ3) is 2.94. The van der Waals surface area contributed by atoms with E-state index in [0.717, 1.165) is 17.9 Å². The summed E-state index contributed by atoms with van der Waals surface area (Å²) in [5.41, 5.74) is 1.14. The maximum absolute atomic E-state index is 11.6. The van der Waals surface area contributed by atoms with E-state index in [9.17, 15) is 4.79 Å². The van der Waals surface area contributed by atoms with Crippen LogP contribution in [0.2, 0.25) is 0 Å². The summed E-state index contributed by atoms with van der Waals surface area (Å²) in [5, 5.41) is 3.23. The van der Waals surface area contributed by atoms with E-state index in [1.807, 2.05) is 24.3 Å². The molecule has 100 valence electrons. The van der Waals surface area contributed by atoms with Gasteiger partial charge in [-0.3, -0.25) is 4.79 Å². The fraction of sp³-hybridized carbons (Fsp3) is 0.462. The highest BCUT2D eigenvalue weighted by Gasteiger charge is 2.34. The van der Waals surface area contributed by atoms with E-state index in [0.29, 0.717) is 6.54 Å². The van der Waals surface area contributed by atoms with Crippen LogP contribution in [-0.2, 0) is 9.53 Å². The number of halogens is 1. The van der Waals surface area contributed by atoms with Crippen LogP contribution in [0.1, 0.15) is 11.5 Å². The number of nitrogens with one attached hydrogen (secondary N) is 1. The van der Waals surface area contributed by atoms with Gasteiger partial charge in [0.05, 0.1) is 20.1 Å². The van der Waals surface area contributed by atoms with E-state index in [-0.39, 0.29) is 30.2 Å². The maximum Gasteiger partial charge on any atom is 0.310 e. The number of carbonyl (C=O) groups excluding carboxylic acids is 1. The molecule has 5 heteroatoms. The van der Waals surface area contributed by atoms with Gasteiger partial charge in [-0.2, -0.15) is 0 Å². The zero-order chi connectivity index (χ0) is 12.3. The summed E-state index contributed by atoms with van der Waals surface area (Å²) in [5.74, 6) is 0.784. The first-order chi connectivity index (χ1) is 8.26. The zero-order valence-electron chi connectivity index (χ0n) is 10.5. The minimum atomic E-state index is -0.143. The summed E-state index contributed by atoms with van der Waals surface area (Å²) < 4.78 is 9.95. The highest BCUT2D eigenvalue weighted by molar-refractivity contribution is 5.85. The van der Waals surface area contributed by atoms with E-state index in [2.05, 4.69) is 5.32 Å². The summed E-state index contributed by atoms with van der Waals surface area (Å²) in [4.78, 5) is 11.6. The molecule has 0 bridgehead atoms. The molecule has 1 aliphatic rings. The number of carbonyl (C=O) groups is 1. The van der Waals surface area contributed by atoms with E-state index >= 15 is 0 Å². The number of hydrogen-bond acceptors (Lipinski definition) is 4. The van der Waals surface area contributed by atoms with Crippen LogP contribution < -0.4 is 10.1 Å². The number of rotatable bonds is 3. The van der Waals surface area contributed by atoms with E-state index in [4.69, 9.17) is 9.47 Å². The number of hydrogen-bond donors (Lipinski definition) is 1. The van der Waals surface area contributed by atoms with Gasteiger partial charge in [0, 0.05) is 19.0 Å². The SMILES string of the molecule is COC(=O)[C@H]1CNC[C@@H]1c1ccc(OC)cc1.Cl. The van der Waals surface area contributed by atoms with Crippen LogP contribution in [0.5, 0.6) is 5.75 Å². The van der Waals surface area contributed by atoms with Crippen molar-refractivity contribution < 1.29 is 14.3 Å². The van der Waals surface area contributed by atoms with Crippen molar-refractivity contribution in [3.8, 4) is 5.75 Å². The Balaban J connectivity index is 0.00000162. The minimum Gasteiger partial charge on any atom is -0.497 e. The second kappa shape index (κ2) is 6.61. The molecule has 1 N–H and O–H groups in total. The lowest BCUT2D eigenvalue weighted by Crippen LogP contribution is -2.22. The van der Waals surface area contributed by atoms with Crippen LogP contribution in [0.15, 0.2) is 24.3 Å². The quantitative estimate of drug-likeness (QED) is 0.849. The highest BCUT2D eigenvalue weighted by atomic mass is 35.5. The summed E-state index contributed by atoms with van der Waals surface area (Å²) in [6.07, 6.45) is 0. The fourth-order valence-corrected chi connectivity index (χ4v) is 2.28. The Kier molecular flexibility index (Phi) is 5.44. The first-order valence-corrected chi connectivity index (χ1v) is 5.68. The number of methoxy groups -OCH3 is 2. The molecule has 0 radical (unpaired) electrons. The molecule has 0 amide bonds. The molecule has 1 aromatic rings. The molecule has 2 atom stereocenters. The Labute approximate surface area is 113 Å². The number of ether oxygens (including phenoxy) is 2. The molecule has 0 aromatic heterocycles. The first kappa shape index (κ1) is 14.8. The van der Waals surface area contributed by atoms with Crippen molar-refractivity contribution >= 4 is 18.4 Å². The Bertz CT molecular complexity index is 394. The molecule has 1 heterocycles. The molecule has 18 heavy (non-hydrogen) atoms. The molecule has 2 rings (SSSR count). The molecular weight excluding hydrogens is 254 g/mol. The van der Waals surface area contributed by atoms with Gasteiger partial charge < -0.3 is 14.8 Å². The van der Waals surface area contributed by atoms with Crippen molar-refractivity contribution in [2.45, 2.75) is 5.92 Å². The lowest BCUT2D eigenvalue weighted by atomic mass is 9.89. The van der Waals surface area contributed by atoms with Gasteiger partial charge in [-0.15, -0.1) is 12.4 Å². The molecule has 0 aliphatic carbocycles. The third-order valence-corrected chi connectivity index (χ3v) is 3.26. The first-order valence-electron chi connectivity index (χ1n) is 5.68. The average molecular weight is 272 g/mol. The van der Waals surface area contributed by atoms with Gasteiger partial charge in [0.15, 0.2) is 0 Å². The van der Waals surface area contributed by atoms with Gasteiger partial charge in [0.2, 0.25) is 0 Å². The minimum absolute atomic E-state index is 0. The predicted octanol–water partition coefficient (Wildman–Crippen LogP) is 1.59. The lowest BCUT2D eigenvalue weighted by Gasteiger charge is -2.16. The van der Waals surface area contributed by atoms with Gasteiger partial charge in [-0.1, -0.05) is 12.1 Å². The predicted molar refractivity (Wildman–Crippen MR) is 71.4 cm³/mol. The molecule has 0 saturated carbocycles. The summed E-state index contributed by atoms with van der Waals surface area (Å²) in [6, 6.07) is 7.85. The van der Waals surface area contributed by atoms with E-state index in [1.54, 1.807) is 7.11 Å². The van der Waals surface area contributed by atoms with Gasteiger partial charge in [0.25, 0.3) is 0 Å².